The van der Waals surface area contributed by atoms with Gasteiger partial charge < -0.3 is 15.4 Å². The lowest BCUT2D eigenvalue weighted by Crippen LogP contribution is -2.36. The van der Waals surface area contributed by atoms with Gasteiger partial charge in [0.1, 0.15) is 11.6 Å². The molecular formula is C19H19F2N3O3. The van der Waals surface area contributed by atoms with E-state index in [0.29, 0.717) is 24.5 Å². The molecule has 0 bridgehead atoms. The van der Waals surface area contributed by atoms with Crippen LogP contribution in [-0.2, 0) is 11.3 Å². The molecule has 2 amide bonds. The van der Waals surface area contributed by atoms with Gasteiger partial charge in [-0.25, -0.2) is 13.8 Å². The van der Waals surface area contributed by atoms with Gasteiger partial charge in [-0.15, -0.1) is 0 Å². The van der Waals surface area contributed by atoms with Crippen LogP contribution in [0.15, 0.2) is 36.5 Å². The van der Waals surface area contributed by atoms with Crippen molar-refractivity contribution >= 4 is 11.8 Å². The Hall–Kier alpha value is -3.03. The molecule has 1 aromatic heterocycles. The van der Waals surface area contributed by atoms with Gasteiger partial charge >= 0.3 is 0 Å². The molecule has 1 aliphatic rings. The van der Waals surface area contributed by atoms with Gasteiger partial charge in [-0.1, -0.05) is 6.07 Å². The summed E-state index contributed by atoms with van der Waals surface area (Å²) in [7, 11) is 0. The number of hydrogen-bond acceptors (Lipinski definition) is 4. The van der Waals surface area contributed by atoms with Gasteiger partial charge in [-0.3, -0.25) is 9.59 Å². The van der Waals surface area contributed by atoms with Gasteiger partial charge in [0.05, 0.1) is 13.2 Å². The van der Waals surface area contributed by atoms with Crippen LogP contribution < -0.4 is 15.4 Å². The highest BCUT2D eigenvalue weighted by atomic mass is 19.1. The van der Waals surface area contributed by atoms with Crippen molar-refractivity contribution in [3.05, 3.63) is 59.3 Å². The van der Waals surface area contributed by atoms with E-state index < -0.39 is 23.4 Å². The van der Waals surface area contributed by atoms with E-state index in [1.165, 1.54) is 12.8 Å². The monoisotopic (exact) mass is 375 g/mol. The Morgan fingerprint density at radius 2 is 1.85 bits per heavy atom. The Kier molecular flexibility index (Phi) is 5.95. The van der Waals surface area contributed by atoms with E-state index in [1.54, 1.807) is 18.3 Å². The topological polar surface area (TPSA) is 80.3 Å². The summed E-state index contributed by atoms with van der Waals surface area (Å²) in [5.41, 5.74) is 0.590. The molecular weight excluding hydrogens is 356 g/mol. The van der Waals surface area contributed by atoms with E-state index in [0.717, 1.165) is 17.7 Å². The number of carbonyl (C=O) groups excluding carboxylic acids is 2. The summed E-state index contributed by atoms with van der Waals surface area (Å²) in [5, 5.41) is 4.94. The summed E-state index contributed by atoms with van der Waals surface area (Å²) >= 11 is 0. The number of rotatable bonds is 8. The van der Waals surface area contributed by atoms with E-state index in [9.17, 15) is 18.4 Å². The van der Waals surface area contributed by atoms with Gasteiger partial charge in [-0.2, -0.15) is 0 Å². The Morgan fingerprint density at radius 1 is 1.11 bits per heavy atom. The zero-order chi connectivity index (χ0) is 19.2. The molecule has 0 aliphatic heterocycles. The van der Waals surface area contributed by atoms with Crippen LogP contribution in [0.5, 0.6) is 5.88 Å². The number of nitrogens with one attached hydrogen (secondary N) is 2. The summed E-state index contributed by atoms with van der Waals surface area (Å²) in [6.45, 7) is 0.601. The molecule has 2 N–H and O–H groups in total. The first-order valence-corrected chi connectivity index (χ1v) is 8.58. The van der Waals surface area contributed by atoms with Crippen molar-refractivity contribution in [2.24, 2.45) is 5.92 Å². The lowest BCUT2D eigenvalue weighted by Gasteiger charge is -2.08. The van der Waals surface area contributed by atoms with Crippen molar-refractivity contribution in [3.63, 3.8) is 0 Å². The van der Waals surface area contributed by atoms with E-state index in [4.69, 9.17) is 4.74 Å². The Labute approximate surface area is 154 Å². The molecule has 1 fully saturated rings. The minimum Gasteiger partial charge on any atom is -0.477 e. The molecule has 3 rings (SSSR count). The van der Waals surface area contributed by atoms with Crippen LogP contribution >= 0.6 is 0 Å². The Morgan fingerprint density at radius 3 is 2.48 bits per heavy atom. The van der Waals surface area contributed by atoms with Crippen LogP contribution in [0, 0.1) is 17.6 Å². The predicted molar refractivity (Wildman–Crippen MR) is 93.0 cm³/mol. The smallest absolute Gasteiger partial charge is 0.251 e. The standard InChI is InChI=1S/C19H19F2N3O3/c20-15-5-14(6-16(21)7-15)19(26)24-10-17(25)22-8-13-3-4-18(23-9-13)27-11-12-1-2-12/h3-7,9,12H,1-2,8,10-11H2,(H,22,25)(H,24,26). The molecule has 0 atom stereocenters. The second-order valence-electron chi connectivity index (χ2n) is 6.38. The molecule has 8 heteroatoms. The van der Waals surface area contributed by atoms with Crippen LogP contribution in [0.1, 0.15) is 28.8 Å². The van der Waals surface area contributed by atoms with Crippen molar-refractivity contribution in [1.29, 1.82) is 0 Å². The fraction of sp³-hybridized carbons (Fsp3) is 0.316. The summed E-state index contributed by atoms with van der Waals surface area (Å²) < 4.78 is 31.7. The number of pyridine rings is 1. The minimum absolute atomic E-state index is 0.189. The number of carbonyl (C=O) groups is 2. The number of ether oxygens (including phenoxy) is 1. The van der Waals surface area contributed by atoms with E-state index in [1.807, 2.05) is 0 Å². The largest absolute Gasteiger partial charge is 0.477 e. The predicted octanol–water partition coefficient (Wildman–Crippen LogP) is 2.19. The average Bonchev–Trinajstić information content (AvgIpc) is 3.47. The maximum Gasteiger partial charge on any atom is 0.251 e. The summed E-state index contributed by atoms with van der Waals surface area (Å²) in [6.07, 6.45) is 4.01. The average molecular weight is 375 g/mol. The van der Waals surface area contributed by atoms with E-state index in [2.05, 4.69) is 15.6 Å². The highest BCUT2D eigenvalue weighted by Crippen LogP contribution is 2.29. The van der Waals surface area contributed by atoms with Gasteiger partial charge in [0.25, 0.3) is 5.91 Å². The molecule has 1 aromatic carbocycles. The van der Waals surface area contributed by atoms with Crippen LogP contribution in [0.2, 0.25) is 0 Å². The van der Waals surface area contributed by atoms with Gasteiger partial charge in [-0.05, 0) is 36.5 Å². The first-order chi connectivity index (χ1) is 13.0. The Bertz CT molecular complexity index is 803. The lowest BCUT2D eigenvalue weighted by molar-refractivity contribution is -0.120. The highest BCUT2D eigenvalue weighted by molar-refractivity contribution is 5.96. The van der Waals surface area contributed by atoms with Crippen LogP contribution in [0.25, 0.3) is 0 Å². The molecule has 0 unspecified atom stereocenters. The molecule has 2 aromatic rings. The maximum absolute atomic E-state index is 13.1. The Balaban J connectivity index is 1.40. The van der Waals surface area contributed by atoms with Crippen LogP contribution in [0.4, 0.5) is 8.78 Å². The second-order valence-corrected chi connectivity index (χ2v) is 6.38. The number of hydrogen-bond donors (Lipinski definition) is 2. The number of halogens is 2. The number of benzene rings is 1. The molecule has 142 valence electrons. The zero-order valence-corrected chi connectivity index (χ0v) is 14.5. The molecule has 1 saturated carbocycles. The van der Waals surface area contributed by atoms with Crippen molar-refractivity contribution in [2.75, 3.05) is 13.2 Å². The molecule has 1 heterocycles. The second kappa shape index (κ2) is 8.57. The first-order valence-electron chi connectivity index (χ1n) is 8.58. The van der Waals surface area contributed by atoms with Crippen molar-refractivity contribution in [1.82, 2.24) is 15.6 Å². The van der Waals surface area contributed by atoms with E-state index in [-0.39, 0.29) is 18.7 Å². The summed E-state index contributed by atoms with van der Waals surface area (Å²) in [6, 6.07) is 6.00. The normalized spacial score (nSPS) is 13.1. The van der Waals surface area contributed by atoms with Crippen molar-refractivity contribution in [3.8, 4) is 5.88 Å². The van der Waals surface area contributed by atoms with E-state index >= 15 is 0 Å². The quantitative estimate of drug-likeness (QED) is 0.741. The first kappa shape index (κ1) is 18.8. The molecule has 1 aliphatic carbocycles. The van der Waals surface area contributed by atoms with Gasteiger partial charge in [0.2, 0.25) is 11.8 Å². The summed E-state index contributed by atoms with van der Waals surface area (Å²) in [5.74, 6) is -1.70. The molecule has 6 nitrogen and oxygen atoms in total. The fourth-order valence-corrected chi connectivity index (χ4v) is 2.30. The lowest BCUT2D eigenvalue weighted by atomic mass is 10.2. The SMILES string of the molecule is O=C(CNC(=O)c1cc(F)cc(F)c1)NCc1ccc(OCC2CC2)nc1. The maximum atomic E-state index is 13.1. The number of nitrogens with zero attached hydrogens (tertiary/aromatic N) is 1. The molecule has 0 spiro atoms. The zero-order valence-electron chi connectivity index (χ0n) is 14.5. The van der Waals surface area contributed by atoms with Crippen molar-refractivity contribution < 1.29 is 23.1 Å². The fourth-order valence-electron chi connectivity index (χ4n) is 2.30. The number of amides is 2. The summed E-state index contributed by atoms with van der Waals surface area (Å²) in [4.78, 5) is 27.8. The third kappa shape index (κ3) is 6.02. The third-order valence-corrected chi connectivity index (χ3v) is 3.99. The van der Waals surface area contributed by atoms with Crippen molar-refractivity contribution in [2.45, 2.75) is 19.4 Å². The van der Waals surface area contributed by atoms with Crippen LogP contribution in [-0.4, -0.2) is 29.9 Å². The minimum atomic E-state index is -0.860. The van der Waals surface area contributed by atoms with Crippen LogP contribution in [0.3, 0.4) is 0 Å². The highest BCUT2D eigenvalue weighted by Gasteiger charge is 2.22. The molecule has 0 radical (unpaired) electrons. The van der Waals surface area contributed by atoms with Gasteiger partial charge in [0, 0.05) is 30.4 Å². The number of aromatic nitrogens is 1. The molecule has 27 heavy (non-hydrogen) atoms. The molecule has 0 saturated heterocycles. The van der Waals surface area contributed by atoms with Gasteiger partial charge in [0.15, 0.2) is 0 Å². The third-order valence-electron chi connectivity index (χ3n) is 3.99.